The maximum absolute atomic E-state index is 11.8. The summed E-state index contributed by atoms with van der Waals surface area (Å²) in [5.41, 5.74) is 3.23. The van der Waals surface area contributed by atoms with Crippen LogP contribution in [-0.4, -0.2) is 24.7 Å². The number of benzene rings is 1. The van der Waals surface area contributed by atoms with Gasteiger partial charge in [0.1, 0.15) is 0 Å². The number of hydrogen-bond donors (Lipinski definition) is 1. The van der Waals surface area contributed by atoms with Gasteiger partial charge in [0.25, 0.3) is 0 Å². The van der Waals surface area contributed by atoms with Crippen LogP contribution in [0.3, 0.4) is 0 Å². The van der Waals surface area contributed by atoms with Crippen molar-refractivity contribution in [2.75, 3.05) is 18.6 Å². The van der Waals surface area contributed by atoms with Gasteiger partial charge in [-0.2, -0.15) is 0 Å². The molecule has 0 atom stereocenters. The Kier molecular flexibility index (Phi) is 4.50. The van der Waals surface area contributed by atoms with Crippen LogP contribution in [0.5, 0.6) is 0 Å². The molecular weight excluding hydrogens is 202 g/mol. The molecule has 0 aliphatic carbocycles. The second-order valence-electron chi connectivity index (χ2n) is 4.07. The number of hydrogen-bond acceptors (Lipinski definition) is 2. The van der Waals surface area contributed by atoms with Crippen molar-refractivity contribution in [1.82, 2.24) is 0 Å². The van der Waals surface area contributed by atoms with Crippen LogP contribution in [-0.2, 0) is 4.79 Å². The summed E-state index contributed by atoms with van der Waals surface area (Å²) in [6.45, 7) is 4.09. The normalized spacial score (nSPS) is 10.2. The lowest BCUT2D eigenvalue weighted by molar-refractivity contribution is -0.118. The number of aliphatic hydroxyl groups is 1. The quantitative estimate of drug-likeness (QED) is 0.845. The van der Waals surface area contributed by atoms with Gasteiger partial charge < -0.3 is 10.0 Å². The minimum Gasteiger partial charge on any atom is -0.396 e. The van der Waals surface area contributed by atoms with Crippen molar-refractivity contribution < 1.29 is 9.90 Å². The fraction of sp³-hybridized carbons (Fsp3) is 0.462. The van der Waals surface area contributed by atoms with Crippen LogP contribution in [0.1, 0.15) is 24.0 Å². The van der Waals surface area contributed by atoms with E-state index in [1.165, 1.54) is 5.56 Å². The zero-order valence-electron chi connectivity index (χ0n) is 10.2. The first kappa shape index (κ1) is 12.7. The number of rotatable bonds is 4. The van der Waals surface area contributed by atoms with E-state index in [-0.39, 0.29) is 12.5 Å². The van der Waals surface area contributed by atoms with E-state index in [4.69, 9.17) is 5.11 Å². The van der Waals surface area contributed by atoms with Crippen LogP contribution in [0.15, 0.2) is 18.2 Å². The molecule has 0 unspecified atom stereocenters. The zero-order chi connectivity index (χ0) is 12.1. The van der Waals surface area contributed by atoms with Crippen molar-refractivity contribution >= 4 is 11.6 Å². The standard InChI is InChI=1S/C13H19NO2/c1-10-6-7-12(11(2)9-10)14(3)13(16)5-4-8-15/h6-7,9,15H,4-5,8H2,1-3H3. The minimum absolute atomic E-state index is 0.0426. The maximum Gasteiger partial charge on any atom is 0.226 e. The van der Waals surface area contributed by atoms with E-state index in [0.29, 0.717) is 12.8 Å². The van der Waals surface area contributed by atoms with Gasteiger partial charge in [-0.25, -0.2) is 0 Å². The van der Waals surface area contributed by atoms with Gasteiger partial charge in [-0.3, -0.25) is 4.79 Å². The molecule has 1 aromatic carbocycles. The van der Waals surface area contributed by atoms with Gasteiger partial charge in [0.05, 0.1) is 0 Å². The van der Waals surface area contributed by atoms with Crippen molar-refractivity contribution in [3.8, 4) is 0 Å². The first-order valence-electron chi connectivity index (χ1n) is 5.51. The third-order valence-electron chi connectivity index (χ3n) is 2.64. The van der Waals surface area contributed by atoms with Crippen LogP contribution in [0.2, 0.25) is 0 Å². The molecule has 3 nitrogen and oxygen atoms in total. The van der Waals surface area contributed by atoms with Crippen LogP contribution in [0.25, 0.3) is 0 Å². The highest BCUT2D eigenvalue weighted by Crippen LogP contribution is 2.20. The maximum atomic E-state index is 11.8. The lowest BCUT2D eigenvalue weighted by atomic mass is 10.1. The van der Waals surface area contributed by atoms with Crippen molar-refractivity contribution in [1.29, 1.82) is 0 Å². The lowest BCUT2D eigenvalue weighted by Crippen LogP contribution is -2.26. The Bertz CT molecular complexity index is 374. The van der Waals surface area contributed by atoms with Gasteiger partial charge in [-0.1, -0.05) is 17.7 Å². The molecule has 1 N–H and O–H groups in total. The number of amides is 1. The predicted octanol–water partition coefficient (Wildman–Crippen LogP) is 2.04. The Hall–Kier alpha value is -1.35. The molecule has 0 saturated heterocycles. The molecule has 1 aromatic rings. The highest BCUT2D eigenvalue weighted by atomic mass is 16.3. The second kappa shape index (κ2) is 5.66. The molecule has 0 aromatic heterocycles. The average Bonchev–Trinajstić information content (AvgIpc) is 2.25. The fourth-order valence-corrected chi connectivity index (χ4v) is 1.71. The Morgan fingerprint density at radius 1 is 1.38 bits per heavy atom. The minimum atomic E-state index is 0.0426. The number of aliphatic hydroxyl groups excluding tert-OH is 1. The first-order valence-corrected chi connectivity index (χ1v) is 5.51. The number of carbonyl (C=O) groups excluding carboxylic acids is 1. The number of carbonyl (C=O) groups is 1. The van der Waals surface area contributed by atoms with Gasteiger partial charge >= 0.3 is 0 Å². The summed E-state index contributed by atoms with van der Waals surface area (Å²) in [4.78, 5) is 13.4. The van der Waals surface area contributed by atoms with Crippen LogP contribution >= 0.6 is 0 Å². The summed E-state index contributed by atoms with van der Waals surface area (Å²) >= 11 is 0. The van der Waals surface area contributed by atoms with E-state index in [1.54, 1.807) is 11.9 Å². The van der Waals surface area contributed by atoms with Crippen molar-refractivity contribution in [3.63, 3.8) is 0 Å². The summed E-state index contributed by atoms with van der Waals surface area (Å²) in [6.07, 6.45) is 0.911. The van der Waals surface area contributed by atoms with Crippen molar-refractivity contribution in [2.24, 2.45) is 0 Å². The Morgan fingerprint density at radius 3 is 2.62 bits per heavy atom. The molecule has 1 rings (SSSR count). The number of aryl methyl sites for hydroxylation is 2. The first-order chi connectivity index (χ1) is 7.56. The molecule has 0 heterocycles. The Labute approximate surface area is 96.7 Å². The number of nitrogens with zero attached hydrogens (tertiary/aromatic N) is 1. The summed E-state index contributed by atoms with van der Waals surface area (Å²) < 4.78 is 0. The molecule has 0 saturated carbocycles. The molecule has 0 spiro atoms. The Balaban J connectivity index is 2.79. The topological polar surface area (TPSA) is 40.5 Å². The van der Waals surface area contributed by atoms with Crippen LogP contribution in [0.4, 0.5) is 5.69 Å². The molecule has 0 aliphatic heterocycles. The van der Waals surface area contributed by atoms with E-state index >= 15 is 0 Å². The molecule has 0 bridgehead atoms. The highest BCUT2D eigenvalue weighted by molar-refractivity contribution is 5.93. The van der Waals surface area contributed by atoms with Crippen LogP contribution in [0, 0.1) is 13.8 Å². The summed E-state index contributed by atoms with van der Waals surface area (Å²) in [7, 11) is 1.78. The lowest BCUT2D eigenvalue weighted by Gasteiger charge is -2.19. The predicted molar refractivity (Wildman–Crippen MR) is 65.6 cm³/mol. The van der Waals surface area contributed by atoms with Crippen LogP contribution < -0.4 is 4.90 Å². The van der Waals surface area contributed by atoms with Crippen molar-refractivity contribution in [3.05, 3.63) is 29.3 Å². The largest absolute Gasteiger partial charge is 0.396 e. The molecule has 88 valence electrons. The summed E-state index contributed by atoms with van der Waals surface area (Å²) in [6, 6.07) is 6.02. The van der Waals surface area contributed by atoms with Crippen molar-refractivity contribution in [2.45, 2.75) is 26.7 Å². The molecular formula is C13H19NO2. The summed E-state index contributed by atoms with van der Waals surface area (Å²) in [5, 5.41) is 8.69. The van der Waals surface area contributed by atoms with Gasteiger partial charge in [-0.05, 0) is 31.9 Å². The Morgan fingerprint density at radius 2 is 2.06 bits per heavy atom. The zero-order valence-corrected chi connectivity index (χ0v) is 10.2. The van der Waals surface area contributed by atoms with E-state index in [1.807, 2.05) is 26.0 Å². The molecule has 3 heteroatoms. The monoisotopic (exact) mass is 221 g/mol. The van der Waals surface area contributed by atoms with Gasteiger partial charge in [-0.15, -0.1) is 0 Å². The second-order valence-corrected chi connectivity index (χ2v) is 4.07. The third-order valence-corrected chi connectivity index (χ3v) is 2.64. The highest BCUT2D eigenvalue weighted by Gasteiger charge is 2.12. The SMILES string of the molecule is Cc1ccc(N(C)C(=O)CCCO)c(C)c1. The van der Waals surface area contributed by atoms with E-state index in [0.717, 1.165) is 11.3 Å². The van der Waals surface area contributed by atoms with Gasteiger partial charge in [0.15, 0.2) is 0 Å². The van der Waals surface area contributed by atoms with E-state index in [2.05, 4.69) is 6.07 Å². The van der Waals surface area contributed by atoms with Gasteiger partial charge in [0, 0.05) is 25.8 Å². The number of anilines is 1. The molecule has 0 radical (unpaired) electrons. The van der Waals surface area contributed by atoms with Gasteiger partial charge in [0.2, 0.25) is 5.91 Å². The molecule has 16 heavy (non-hydrogen) atoms. The fourth-order valence-electron chi connectivity index (χ4n) is 1.71. The van der Waals surface area contributed by atoms with E-state index in [9.17, 15) is 4.79 Å². The molecule has 0 aliphatic rings. The third kappa shape index (κ3) is 3.07. The summed E-state index contributed by atoms with van der Waals surface area (Å²) in [5.74, 6) is 0.0426. The smallest absolute Gasteiger partial charge is 0.226 e. The average molecular weight is 221 g/mol. The van der Waals surface area contributed by atoms with E-state index < -0.39 is 0 Å². The molecule has 0 fully saturated rings. The molecule has 1 amide bonds.